The fourth-order valence-corrected chi connectivity index (χ4v) is 0.956. The number of likely N-dealkylation sites (N-methyl/N-ethyl adjacent to an activating group) is 1. The lowest BCUT2D eigenvalue weighted by Gasteiger charge is -2.09. The Morgan fingerprint density at radius 1 is 1.24 bits per heavy atom. The fourth-order valence-electron chi connectivity index (χ4n) is 0.956. The number of carbonyl (C=O) groups excluding carboxylic acids is 2. The molecule has 0 aliphatic carbocycles. The molecule has 0 aromatic rings. The molecule has 0 heterocycles. The Labute approximate surface area is 103 Å². The van der Waals surface area contributed by atoms with E-state index in [0.717, 1.165) is 6.54 Å². The first-order valence-corrected chi connectivity index (χ1v) is 5.81. The third-order valence-corrected chi connectivity index (χ3v) is 1.87. The zero-order valence-corrected chi connectivity index (χ0v) is 11.2. The van der Waals surface area contributed by atoms with E-state index in [0.29, 0.717) is 13.2 Å². The van der Waals surface area contributed by atoms with Crippen molar-refractivity contribution in [2.75, 3.05) is 40.5 Å². The molecule has 0 aliphatic heterocycles. The Balaban J connectivity index is 3.54. The van der Waals surface area contributed by atoms with Gasteiger partial charge in [0.2, 0.25) is 0 Å². The normalized spacial score (nSPS) is 10.9. The molecule has 0 amide bonds. The van der Waals surface area contributed by atoms with Crippen molar-refractivity contribution in [2.45, 2.75) is 20.3 Å². The summed E-state index contributed by atoms with van der Waals surface area (Å²) in [5.41, 5.74) is 0. The molecule has 0 radical (unpaired) electrons. The molecule has 0 fully saturated rings. The number of ether oxygens (including phenoxy) is 2. The molecule has 0 aliphatic rings. The second kappa shape index (κ2) is 9.13. The first-order chi connectivity index (χ1) is 7.91. The SMILES string of the molecule is CC(C)COC(=O)CC(=O)COCCN(C)C. The Morgan fingerprint density at radius 3 is 2.41 bits per heavy atom. The molecular formula is C12H23NO4. The van der Waals surface area contributed by atoms with E-state index in [-0.39, 0.29) is 24.7 Å². The van der Waals surface area contributed by atoms with Gasteiger partial charge in [-0.2, -0.15) is 0 Å². The van der Waals surface area contributed by atoms with Gasteiger partial charge >= 0.3 is 5.97 Å². The van der Waals surface area contributed by atoms with Crippen LogP contribution in [0.5, 0.6) is 0 Å². The highest BCUT2D eigenvalue weighted by atomic mass is 16.5. The number of nitrogens with zero attached hydrogens (tertiary/aromatic N) is 1. The molecule has 0 rings (SSSR count). The molecule has 0 N–H and O–H groups in total. The van der Waals surface area contributed by atoms with Gasteiger partial charge in [-0.05, 0) is 20.0 Å². The molecule has 0 aromatic carbocycles. The molecule has 17 heavy (non-hydrogen) atoms. The standard InChI is InChI=1S/C12H23NO4/c1-10(2)8-17-12(15)7-11(14)9-16-6-5-13(3)4/h10H,5-9H2,1-4H3. The van der Waals surface area contributed by atoms with Crippen molar-refractivity contribution < 1.29 is 19.1 Å². The Hall–Kier alpha value is -0.940. The average molecular weight is 245 g/mol. The lowest BCUT2D eigenvalue weighted by molar-refractivity contribution is -0.147. The number of ketones is 1. The van der Waals surface area contributed by atoms with Gasteiger partial charge in [-0.3, -0.25) is 9.59 Å². The molecular weight excluding hydrogens is 222 g/mol. The Morgan fingerprint density at radius 2 is 1.88 bits per heavy atom. The third-order valence-electron chi connectivity index (χ3n) is 1.87. The lowest BCUT2D eigenvalue weighted by Crippen LogP contribution is -2.22. The predicted molar refractivity (Wildman–Crippen MR) is 64.8 cm³/mol. The number of hydrogen-bond donors (Lipinski definition) is 0. The summed E-state index contributed by atoms with van der Waals surface area (Å²) < 4.78 is 10.0. The Kier molecular flexibility index (Phi) is 8.62. The number of hydrogen-bond acceptors (Lipinski definition) is 5. The number of carbonyl (C=O) groups is 2. The fraction of sp³-hybridized carbons (Fsp3) is 0.833. The zero-order valence-electron chi connectivity index (χ0n) is 11.2. The van der Waals surface area contributed by atoms with Crippen molar-refractivity contribution in [3.63, 3.8) is 0 Å². The van der Waals surface area contributed by atoms with Gasteiger partial charge in [-0.1, -0.05) is 13.8 Å². The summed E-state index contributed by atoms with van der Waals surface area (Å²) >= 11 is 0. The van der Waals surface area contributed by atoms with Gasteiger partial charge < -0.3 is 14.4 Å². The van der Waals surface area contributed by atoms with Crippen LogP contribution in [0.1, 0.15) is 20.3 Å². The van der Waals surface area contributed by atoms with Crippen molar-refractivity contribution in [1.29, 1.82) is 0 Å². The van der Waals surface area contributed by atoms with Gasteiger partial charge in [0.15, 0.2) is 5.78 Å². The maximum Gasteiger partial charge on any atom is 0.313 e. The van der Waals surface area contributed by atoms with Crippen molar-refractivity contribution in [2.24, 2.45) is 5.92 Å². The summed E-state index contributed by atoms with van der Waals surface area (Å²) in [6.07, 6.45) is -0.200. The van der Waals surface area contributed by atoms with E-state index in [9.17, 15) is 9.59 Å². The van der Waals surface area contributed by atoms with Gasteiger partial charge in [-0.15, -0.1) is 0 Å². The van der Waals surface area contributed by atoms with E-state index in [4.69, 9.17) is 9.47 Å². The van der Waals surface area contributed by atoms with Gasteiger partial charge in [0.1, 0.15) is 13.0 Å². The highest BCUT2D eigenvalue weighted by Crippen LogP contribution is 1.96. The summed E-state index contributed by atoms with van der Waals surface area (Å²) in [7, 11) is 3.85. The van der Waals surface area contributed by atoms with Gasteiger partial charge in [0.25, 0.3) is 0 Å². The molecule has 5 nitrogen and oxygen atoms in total. The monoisotopic (exact) mass is 245 g/mol. The molecule has 0 saturated heterocycles. The number of rotatable bonds is 9. The molecule has 5 heteroatoms. The van der Waals surface area contributed by atoms with E-state index in [1.165, 1.54) is 0 Å². The second-order valence-electron chi connectivity index (χ2n) is 4.65. The van der Waals surface area contributed by atoms with Crippen LogP contribution < -0.4 is 0 Å². The summed E-state index contributed by atoms with van der Waals surface area (Å²) in [6, 6.07) is 0. The van der Waals surface area contributed by atoms with E-state index in [1.54, 1.807) is 0 Å². The van der Waals surface area contributed by atoms with Crippen LogP contribution in [0.4, 0.5) is 0 Å². The lowest BCUT2D eigenvalue weighted by atomic mass is 10.2. The molecule has 0 saturated carbocycles. The van der Waals surface area contributed by atoms with Crippen LogP contribution in [0.25, 0.3) is 0 Å². The minimum atomic E-state index is -0.472. The van der Waals surface area contributed by atoms with Crippen molar-refractivity contribution in [1.82, 2.24) is 4.90 Å². The maximum atomic E-state index is 11.3. The van der Waals surface area contributed by atoms with Crippen molar-refractivity contribution in [3.05, 3.63) is 0 Å². The molecule has 0 unspecified atom stereocenters. The largest absolute Gasteiger partial charge is 0.465 e. The van der Waals surface area contributed by atoms with Crippen LogP contribution in [0, 0.1) is 5.92 Å². The van der Waals surface area contributed by atoms with E-state index < -0.39 is 5.97 Å². The second-order valence-corrected chi connectivity index (χ2v) is 4.65. The van der Waals surface area contributed by atoms with E-state index in [2.05, 4.69) is 0 Å². The van der Waals surface area contributed by atoms with Crippen LogP contribution in [0.2, 0.25) is 0 Å². The minimum Gasteiger partial charge on any atom is -0.465 e. The molecule has 100 valence electrons. The highest BCUT2D eigenvalue weighted by Gasteiger charge is 2.11. The van der Waals surface area contributed by atoms with E-state index in [1.807, 2.05) is 32.8 Å². The first-order valence-electron chi connectivity index (χ1n) is 5.81. The summed E-state index contributed by atoms with van der Waals surface area (Å²) in [4.78, 5) is 24.5. The van der Waals surface area contributed by atoms with Crippen LogP contribution in [-0.4, -0.2) is 57.1 Å². The van der Waals surface area contributed by atoms with Gasteiger partial charge in [0.05, 0.1) is 13.2 Å². The maximum absolute atomic E-state index is 11.3. The highest BCUT2D eigenvalue weighted by molar-refractivity contribution is 5.96. The third kappa shape index (κ3) is 11.3. The predicted octanol–water partition coefficient (Wildman–Crippen LogP) is 0.723. The van der Waals surface area contributed by atoms with Crippen molar-refractivity contribution in [3.8, 4) is 0 Å². The Bertz CT molecular complexity index is 239. The van der Waals surface area contributed by atoms with Gasteiger partial charge in [0, 0.05) is 6.54 Å². The summed E-state index contributed by atoms with van der Waals surface area (Å²) in [5, 5.41) is 0. The van der Waals surface area contributed by atoms with Crippen LogP contribution in [0.15, 0.2) is 0 Å². The topological polar surface area (TPSA) is 55.8 Å². The quantitative estimate of drug-likeness (QED) is 0.340. The molecule has 0 atom stereocenters. The van der Waals surface area contributed by atoms with E-state index >= 15 is 0 Å². The molecule has 0 aromatic heterocycles. The van der Waals surface area contributed by atoms with Crippen LogP contribution >= 0.6 is 0 Å². The first kappa shape index (κ1) is 16.1. The van der Waals surface area contributed by atoms with Crippen LogP contribution in [0.3, 0.4) is 0 Å². The van der Waals surface area contributed by atoms with Crippen LogP contribution in [-0.2, 0) is 19.1 Å². The molecule has 0 bridgehead atoms. The number of Topliss-reactive ketones (excluding diaryl/α,β-unsaturated/α-hetero) is 1. The van der Waals surface area contributed by atoms with Crippen molar-refractivity contribution >= 4 is 11.8 Å². The summed E-state index contributed by atoms with van der Waals surface area (Å²) in [5.74, 6) is -0.428. The average Bonchev–Trinajstić information content (AvgIpc) is 2.21. The zero-order chi connectivity index (χ0) is 13.3. The smallest absolute Gasteiger partial charge is 0.313 e. The molecule has 0 spiro atoms. The number of esters is 1. The minimum absolute atomic E-state index is 0.0232. The summed E-state index contributed by atoms with van der Waals surface area (Å²) in [6.45, 7) is 5.46. The van der Waals surface area contributed by atoms with Gasteiger partial charge in [-0.25, -0.2) is 0 Å².